The Bertz CT molecular complexity index is 1320. The summed E-state index contributed by atoms with van der Waals surface area (Å²) in [5.74, 6) is 1.10. The molecule has 1 atom stereocenters. The van der Waals surface area contributed by atoms with Gasteiger partial charge in [0.25, 0.3) is 11.8 Å². The summed E-state index contributed by atoms with van der Waals surface area (Å²) in [6.07, 6.45) is 0. The standard InChI is InChI=1S/C26H23N3O4/c1-15(2)17-8-9-21-19(12-17)26(25(31)27-21)28-20-6-4-3-5-18(20)24(30)29(26)13-16-7-10-22-23(11-16)33-14-32-22/h3-12,15,28H,13-14H2,1-2H3,(H,27,31). The van der Waals surface area contributed by atoms with E-state index in [0.717, 1.165) is 16.7 Å². The molecule has 0 aromatic heterocycles. The number of carbonyl (C=O) groups excluding carboxylic acids is 2. The molecule has 0 saturated heterocycles. The Hall–Kier alpha value is -4.00. The summed E-state index contributed by atoms with van der Waals surface area (Å²) in [5, 5.41) is 6.43. The Labute approximate surface area is 191 Å². The second-order valence-corrected chi connectivity index (χ2v) is 8.87. The maximum absolute atomic E-state index is 13.8. The van der Waals surface area contributed by atoms with E-state index < -0.39 is 5.66 Å². The minimum absolute atomic E-state index is 0.175. The first kappa shape index (κ1) is 19.7. The SMILES string of the molecule is CC(C)c1ccc2c(c1)C1(Nc3ccccc3C(=O)N1Cc1ccc3c(c1)OCO3)C(=O)N2. The number of ether oxygens (including phenoxy) is 2. The second-order valence-electron chi connectivity index (χ2n) is 8.87. The minimum Gasteiger partial charge on any atom is -0.454 e. The van der Waals surface area contributed by atoms with Gasteiger partial charge in [-0.3, -0.25) is 14.5 Å². The molecule has 2 N–H and O–H groups in total. The Morgan fingerprint density at radius 1 is 0.970 bits per heavy atom. The van der Waals surface area contributed by atoms with Crippen LogP contribution in [-0.4, -0.2) is 23.5 Å². The Balaban J connectivity index is 1.53. The monoisotopic (exact) mass is 441 g/mol. The van der Waals surface area contributed by atoms with Crippen molar-refractivity contribution < 1.29 is 19.1 Å². The fourth-order valence-corrected chi connectivity index (χ4v) is 4.81. The van der Waals surface area contributed by atoms with Crippen LogP contribution in [0.5, 0.6) is 11.5 Å². The summed E-state index contributed by atoms with van der Waals surface area (Å²) in [4.78, 5) is 29.1. The van der Waals surface area contributed by atoms with E-state index in [2.05, 4.69) is 24.5 Å². The lowest BCUT2D eigenvalue weighted by atomic mass is 9.89. The highest BCUT2D eigenvalue weighted by Crippen LogP contribution is 2.47. The van der Waals surface area contributed by atoms with Crippen molar-refractivity contribution in [3.63, 3.8) is 0 Å². The molecule has 6 rings (SSSR count). The van der Waals surface area contributed by atoms with Crippen molar-refractivity contribution in [2.45, 2.75) is 32.0 Å². The molecule has 0 aliphatic carbocycles. The topological polar surface area (TPSA) is 79.9 Å². The number of carbonyl (C=O) groups is 2. The second kappa shape index (κ2) is 7.00. The number of benzene rings is 3. The van der Waals surface area contributed by atoms with Crippen molar-refractivity contribution >= 4 is 23.2 Å². The van der Waals surface area contributed by atoms with Crippen LogP contribution in [0.1, 0.15) is 46.8 Å². The zero-order valence-electron chi connectivity index (χ0n) is 18.3. The molecule has 33 heavy (non-hydrogen) atoms. The molecule has 2 amide bonds. The molecule has 0 bridgehead atoms. The number of fused-ring (bicyclic) bond motifs is 4. The molecule has 0 fully saturated rings. The third kappa shape index (κ3) is 2.81. The molecule has 3 aromatic carbocycles. The Morgan fingerprint density at radius 3 is 2.64 bits per heavy atom. The van der Waals surface area contributed by atoms with Gasteiger partial charge in [0, 0.05) is 23.5 Å². The van der Waals surface area contributed by atoms with Crippen LogP contribution >= 0.6 is 0 Å². The number of hydrogen-bond donors (Lipinski definition) is 2. The number of hydrogen-bond acceptors (Lipinski definition) is 5. The molecule has 7 heteroatoms. The van der Waals surface area contributed by atoms with Crippen molar-refractivity contribution in [2.75, 3.05) is 17.4 Å². The van der Waals surface area contributed by atoms with Gasteiger partial charge in [-0.2, -0.15) is 0 Å². The van der Waals surface area contributed by atoms with Crippen molar-refractivity contribution in [1.82, 2.24) is 4.90 Å². The average Bonchev–Trinajstić information content (AvgIpc) is 3.38. The highest BCUT2D eigenvalue weighted by molar-refractivity contribution is 6.14. The first-order valence-electron chi connectivity index (χ1n) is 11.0. The van der Waals surface area contributed by atoms with Gasteiger partial charge in [-0.1, -0.05) is 38.1 Å². The lowest BCUT2D eigenvalue weighted by molar-refractivity contribution is -0.125. The van der Waals surface area contributed by atoms with Gasteiger partial charge in [-0.25, -0.2) is 0 Å². The molecule has 0 saturated carbocycles. The van der Waals surface area contributed by atoms with Crippen molar-refractivity contribution in [3.8, 4) is 11.5 Å². The average molecular weight is 441 g/mol. The molecule has 3 aromatic rings. The zero-order chi connectivity index (χ0) is 22.7. The number of nitrogens with one attached hydrogen (secondary N) is 2. The molecule has 7 nitrogen and oxygen atoms in total. The van der Waals surface area contributed by atoms with E-state index in [0.29, 0.717) is 28.4 Å². The van der Waals surface area contributed by atoms with E-state index in [1.54, 1.807) is 11.0 Å². The lowest BCUT2D eigenvalue weighted by Crippen LogP contribution is -2.60. The molecule has 0 radical (unpaired) electrons. The van der Waals surface area contributed by atoms with Gasteiger partial charge >= 0.3 is 0 Å². The highest BCUT2D eigenvalue weighted by atomic mass is 16.7. The summed E-state index contributed by atoms with van der Waals surface area (Å²) < 4.78 is 11.0. The molecular weight excluding hydrogens is 418 g/mol. The van der Waals surface area contributed by atoms with Crippen LogP contribution in [0.25, 0.3) is 0 Å². The van der Waals surface area contributed by atoms with E-state index in [-0.39, 0.29) is 31.1 Å². The van der Waals surface area contributed by atoms with Crippen LogP contribution in [0.3, 0.4) is 0 Å². The van der Waals surface area contributed by atoms with Crippen LogP contribution < -0.4 is 20.1 Å². The summed E-state index contributed by atoms with van der Waals surface area (Å²) >= 11 is 0. The minimum atomic E-state index is -1.36. The van der Waals surface area contributed by atoms with E-state index in [4.69, 9.17) is 9.47 Å². The van der Waals surface area contributed by atoms with E-state index in [1.807, 2.05) is 54.6 Å². The number of rotatable bonds is 3. The number of anilines is 2. The Kier molecular flexibility index (Phi) is 4.17. The zero-order valence-corrected chi connectivity index (χ0v) is 18.3. The summed E-state index contributed by atoms with van der Waals surface area (Å²) in [7, 11) is 0. The fourth-order valence-electron chi connectivity index (χ4n) is 4.81. The van der Waals surface area contributed by atoms with Crippen LogP contribution in [0.15, 0.2) is 60.7 Å². The van der Waals surface area contributed by atoms with Gasteiger partial charge in [-0.05, 0) is 53.4 Å². The first-order chi connectivity index (χ1) is 16.0. The predicted octanol–water partition coefficient (Wildman–Crippen LogP) is 4.41. The van der Waals surface area contributed by atoms with Crippen LogP contribution in [0, 0.1) is 0 Å². The normalized spacial score (nSPS) is 20.0. The molecule has 3 heterocycles. The van der Waals surface area contributed by atoms with Crippen molar-refractivity contribution in [3.05, 3.63) is 82.9 Å². The fraction of sp³-hybridized carbons (Fsp3) is 0.231. The maximum Gasteiger partial charge on any atom is 0.276 e. The molecule has 166 valence electrons. The lowest BCUT2D eigenvalue weighted by Gasteiger charge is -2.44. The van der Waals surface area contributed by atoms with Gasteiger partial charge in [0.05, 0.1) is 5.56 Å². The van der Waals surface area contributed by atoms with Gasteiger partial charge in [0.15, 0.2) is 11.5 Å². The predicted molar refractivity (Wildman–Crippen MR) is 123 cm³/mol. The van der Waals surface area contributed by atoms with Crippen LogP contribution in [0.4, 0.5) is 11.4 Å². The number of nitrogens with zero attached hydrogens (tertiary/aromatic N) is 1. The van der Waals surface area contributed by atoms with Crippen molar-refractivity contribution in [1.29, 1.82) is 0 Å². The highest BCUT2D eigenvalue weighted by Gasteiger charge is 2.56. The molecular formula is C26H23N3O4. The smallest absolute Gasteiger partial charge is 0.276 e. The third-order valence-corrected chi connectivity index (χ3v) is 6.58. The van der Waals surface area contributed by atoms with E-state index in [1.165, 1.54) is 0 Å². The van der Waals surface area contributed by atoms with Crippen molar-refractivity contribution in [2.24, 2.45) is 0 Å². The number of para-hydroxylation sites is 1. The molecule has 1 spiro atoms. The van der Waals surface area contributed by atoms with Crippen LogP contribution in [-0.2, 0) is 17.0 Å². The Morgan fingerprint density at radius 2 is 1.79 bits per heavy atom. The van der Waals surface area contributed by atoms with Gasteiger partial charge in [0.1, 0.15) is 0 Å². The molecule has 1 unspecified atom stereocenters. The third-order valence-electron chi connectivity index (χ3n) is 6.58. The van der Waals surface area contributed by atoms with E-state index >= 15 is 0 Å². The van der Waals surface area contributed by atoms with Crippen LogP contribution in [0.2, 0.25) is 0 Å². The van der Waals surface area contributed by atoms with E-state index in [9.17, 15) is 9.59 Å². The molecule has 3 aliphatic rings. The number of amides is 2. The summed E-state index contributed by atoms with van der Waals surface area (Å²) in [5.41, 5.74) is 3.21. The van der Waals surface area contributed by atoms with Gasteiger partial charge in [0.2, 0.25) is 12.5 Å². The summed E-state index contributed by atoms with van der Waals surface area (Å²) in [6, 6.07) is 18.9. The quantitative estimate of drug-likeness (QED) is 0.629. The summed E-state index contributed by atoms with van der Waals surface area (Å²) in [6.45, 7) is 4.61. The largest absolute Gasteiger partial charge is 0.454 e. The maximum atomic E-state index is 13.8. The first-order valence-corrected chi connectivity index (χ1v) is 11.0. The van der Waals surface area contributed by atoms with Gasteiger partial charge < -0.3 is 20.1 Å². The van der Waals surface area contributed by atoms with Gasteiger partial charge in [-0.15, -0.1) is 0 Å². The molecule has 3 aliphatic heterocycles.